The van der Waals surface area contributed by atoms with Crippen LogP contribution >= 0.6 is 0 Å². The third-order valence-corrected chi connectivity index (χ3v) is 9.28. The fraction of sp³-hybridized carbons (Fsp3) is 0.818. The van der Waals surface area contributed by atoms with Gasteiger partial charge in [-0.25, -0.2) is 9.97 Å². The van der Waals surface area contributed by atoms with Crippen LogP contribution in [-0.2, 0) is 0 Å². The standard InChI is InChI=1S/C33H55BN2O/c1-2-4-9-13-17-21-25-29(24-20-16-12-8-3-1)34-33-36-31-27-26-30(35-32(31)37-33)28-22-18-14-10-6-5-7-11-15-19-23-28/h26-29,34H,1-25H2. The SMILES string of the molecule is B(c1nc2ccc(C3CCCCCCCCCCC3)nc2o1)C1CCCCCCCCCCCCCC1. The molecule has 206 valence electrons. The van der Waals surface area contributed by atoms with Crippen LogP contribution < -0.4 is 5.79 Å². The van der Waals surface area contributed by atoms with Crippen LogP contribution in [0.1, 0.15) is 172 Å². The summed E-state index contributed by atoms with van der Waals surface area (Å²) in [5.41, 5.74) is 3.00. The maximum absolute atomic E-state index is 6.34. The molecular weight excluding hydrogens is 451 g/mol. The second kappa shape index (κ2) is 17.3. The number of hydrogen-bond acceptors (Lipinski definition) is 3. The first-order valence-corrected chi connectivity index (χ1v) is 16.6. The molecule has 0 amide bonds. The van der Waals surface area contributed by atoms with E-state index in [-0.39, 0.29) is 0 Å². The zero-order chi connectivity index (χ0) is 25.4. The average molecular weight is 507 g/mol. The Morgan fingerprint density at radius 1 is 0.514 bits per heavy atom. The summed E-state index contributed by atoms with van der Waals surface area (Å²) in [6.07, 6.45) is 34.8. The predicted molar refractivity (Wildman–Crippen MR) is 161 cm³/mol. The number of hydrogen-bond donors (Lipinski definition) is 0. The molecule has 0 aliphatic heterocycles. The Hall–Kier alpha value is -1.32. The highest BCUT2D eigenvalue weighted by atomic mass is 16.4. The lowest BCUT2D eigenvalue weighted by atomic mass is 9.60. The molecule has 0 unspecified atom stereocenters. The highest BCUT2D eigenvalue weighted by molar-refractivity contribution is 6.52. The summed E-state index contributed by atoms with van der Waals surface area (Å²) in [4.78, 5) is 9.98. The Balaban J connectivity index is 1.36. The van der Waals surface area contributed by atoms with E-state index in [1.807, 2.05) is 0 Å². The van der Waals surface area contributed by atoms with Gasteiger partial charge in [-0.3, -0.25) is 0 Å². The van der Waals surface area contributed by atoms with Crippen molar-refractivity contribution in [2.45, 2.75) is 172 Å². The normalized spacial score (nSPS) is 22.4. The smallest absolute Gasteiger partial charge is 0.246 e. The number of nitrogens with zero attached hydrogens (tertiary/aromatic N) is 2. The van der Waals surface area contributed by atoms with E-state index in [2.05, 4.69) is 12.1 Å². The van der Waals surface area contributed by atoms with Crippen LogP contribution in [0, 0.1) is 0 Å². The van der Waals surface area contributed by atoms with E-state index in [9.17, 15) is 0 Å². The average Bonchev–Trinajstić information content (AvgIpc) is 3.29. The lowest BCUT2D eigenvalue weighted by Gasteiger charge is -2.17. The molecule has 2 aromatic rings. The Morgan fingerprint density at radius 2 is 0.946 bits per heavy atom. The molecule has 2 aliphatic carbocycles. The molecule has 2 saturated carbocycles. The first-order chi connectivity index (χ1) is 18.4. The molecule has 4 heteroatoms. The highest BCUT2D eigenvalue weighted by Crippen LogP contribution is 2.30. The number of pyridine rings is 1. The number of fused-ring (bicyclic) bond motifs is 1. The van der Waals surface area contributed by atoms with Crippen molar-refractivity contribution in [1.29, 1.82) is 0 Å². The number of oxazole rings is 1. The van der Waals surface area contributed by atoms with Gasteiger partial charge in [-0.15, -0.1) is 0 Å². The van der Waals surface area contributed by atoms with Crippen molar-refractivity contribution in [3.8, 4) is 0 Å². The third kappa shape index (κ3) is 10.8. The van der Waals surface area contributed by atoms with Crippen molar-refractivity contribution in [2.24, 2.45) is 0 Å². The minimum atomic E-state index is 0.584. The molecule has 0 N–H and O–H groups in total. The summed E-state index contributed by atoms with van der Waals surface area (Å²) in [6, 6.07) is 4.45. The molecule has 0 saturated heterocycles. The van der Waals surface area contributed by atoms with Gasteiger partial charge in [0.2, 0.25) is 13.0 Å². The fourth-order valence-corrected chi connectivity index (χ4v) is 6.88. The maximum Gasteiger partial charge on any atom is 0.246 e. The molecule has 37 heavy (non-hydrogen) atoms. The molecule has 0 bridgehead atoms. The zero-order valence-corrected chi connectivity index (χ0v) is 24.0. The van der Waals surface area contributed by atoms with E-state index in [1.165, 1.54) is 166 Å². The van der Waals surface area contributed by atoms with Crippen molar-refractivity contribution < 1.29 is 4.42 Å². The van der Waals surface area contributed by atoms with Crippen LogP contribution in [0.15, 0.2) is 16.5 Å². The van der Waals surface area contributed by atoms with Crippen molar-refractivity contribution in [2.75, 3.05) is 0 Å². The molecule has 0 aromatic carbocycles. The third-order valence-electron chi connectivity index (χ3n) is 9.28. The highest BCUT2D eigenvalue weighted by Gasteiger charge is 2.19. The van der Waals surface area contributed by atoms with Gasteiger partial charge < -0.3 is 4.42 Å². The monoisotopic (exact) mass is 506 g/mol. The van der Waals surface area contributed by atoms with E-state index in [0.717, 1.165) is 24.3 Å². The number of rotatable bonds is 3. The fourth-order valence-electron chi connectivity index (χ4n) is 6.88. The molecule has 2 heterocycles. The topological polar surface area (TPSA) is 38.9 Å². The number of aromatic nitrogens is 2. The second-order valence-electron chi connectivity index (χ2n) is 12.5. The van der Waals surface area contributed by atoms with Gasteiger partial charge in [-0.1, -0.05) is 153 Å². The van der Waals surface area contributed by atoms with Crippen LogP contribution in [0.2, 0.25) is 5.82 Å². The van der Waals surface area contributed by atoms with Crippen LogP contribution in [0.5, 0.6) is 0 Å². The molecule has 3 nitrogen and oxygen atoms in total. The molecule has 0 radical (unpaired) electrons. The largest absolute Gasteiger partial charge is 0.433 e. The van der Waals surface area contributed by atoms with E-state index >= 15 is 0 Å². The lowest BCUT2D eigenvalue weighted by molar-refractivity contribution is 0.461. The van der Waals surface area contributed by atoms with Gasteiger partial charge in [0.05, 0.1) is 0 Å². The molecule has 2 fully saturated rings. The van der Waals surface area contributed by atoms with Crippen molar-refractivity contribution >= 4 is 24.3 Å². The quantitative estimate of drug-likeness (QED) is 0.389. The summed E-state index contributed by atoms with van der Waals surface area (Å²) < 4.78 is 6.34. The van der Waals surface area contributed by atoms with E-state index < -0.39 is 0 Å². The van der Waals surface area contributed by atoms with Gasteiger partial charge in [-0.2, -0.15) is 0 Å². The minimum absolute atomic E-state index is 0.584. The Kier molecular flexibility index (Phi) is 13.4. The zero-order valence-electron chi connectivity index (χ0n) is 24.0. The van der Waals surface area contributed by atoms with Gasteiger partial charge in [0.25, 0.3) is 0 Å². The van der Waals surface area contributed by atoms with Gasteiger partial charge in [0, 0.05) is 11.6 Å². The molecule has 0 spiro atoms. The maximum atomic E-state index is 6.34. The van der Waals surface area contributed by atoms with Crippen LogP contribution in [0.3, 0.4) is 0 Å². The summed E-state index contributed by atoms with van der Waals surface area (Å²) in [5, 5.41) is 0. The predicted octanol–water partition coefficient (Wildman–Crippen LogP) is 9.94. The first kappa shape index (κ1) is 28.7. The molecule has 2 aliphatic rings. The van der Waals surface area contributed by atoms with Crippen LogP contribution in [0.4, 0.5) is 0 Å². The Bertz CT molecular complexity index is 837. The summed E-state index contributed by atoms with van der Waals surface area (Å²) in [5.74, 6) is 2.23. The van der Waals surface area contributed by atoms with Crippen molar-refractivity contribution in [3.05, 3.63) is 17.8 Å². The molecule has 0 atom stereocenters. The van der Waals surface area contributed by atoms with Crippen LogP contribution in [0.25, 0.3) is 11.2 Å². The summed E-state index contributed by atoms with van der Waals surface area (Å²) >= 11 is 0. The first-order valence-electron chi connectivity index (χ1n) is 16.6. The lowest BCUT2D eigenvalue weighted by Crippen LogP contribution is -2.20. The van der Waals surface area contributed by atoms with Gasteiger partial charge in [0.1, 0.15) is 11.3 Å². The van der Waals surface area contributed by atoms with Gasteiger partial charge in [-0.05, 0) is 25.0 Å². The van der Waals surface area contributed by atoms with E-state index in [0.29, 0.717) is 11.7 Å². The molecule has 4 rings (SSSR count). The van der Waals surface area contributed by atoms with Crippen molar-refractivity contribution in [1.82, 2.24) is 9.97 Å². The molecule has 2 aromatic heterocycles. The van der Waals surface area contributed by atoms with E-state index in [1.54, 1.807) is 0 Å². The van der Waals surface area contributed by atoms with Crippen LogP contribution in [-0.4, -0.2) is 17.2 Å². The summed E-state index contributed by atoms with van der Waals surface area (Å²) in [6.45, 7) is 0. The van der Waals surface area contributed by atoms with Gasteiger partial charge in [0.15, 0.2) is 0 Å². The Labute approximate surface area is 228 Å². The second-order valence-corrected chi connectivity index (χ2v) is 12.5. The van der Waals surface area contributed by atoms with Gasteiger partial charge >= 0.3 is 0 Å². The van der Waals surface area contributed by atoms with Crippen molar-refractivity contribution in [3.63, 3.8) is 0 Å². The minimum Gasteiger partial charge on any atom is -0.433 e. The summed E-state index contributed by atoms with van der Waals surface area (Å²) in [7, 11) is 0.995. The van der Waals surface area contributed by atoms with E-state index in [4.69, 9.17) is 14.4 Å². The Morgan fingerprint density at radius 3 is 1.43 bits per heavy atom. The molecular formula is C33H55BN2O.